The number of hydrogen-bond donors (Lipinski definition) is 2. The molecule has 0 fully saturated rings. The molecule has 0 saturated carbocycles. The molecule has 0 aliphatic carbocycles. The molecule has 3 aromatic rings. The highest BCUT2D eigenvalue weighted by Gasteiger charge is 2.22. The minimum absolute atomic E-state index is 0.00984. The molecule has 1 aromatic heterocycles. The Morgan fingerprint density at radius 2 is 1.74 bits per heavy atom. The first kappa shape index (κ1) is 18.4. The number of aromatic nitrogens is 1. The lowest BCUT2D eigenvalue weighted by Crippen LogP contribution is -2.29. The Balaban J connectivity index is 1.50. The van der Waals surface area contributed by atoms with Crippen molar-refractivity contribution >= 4 is 28.6 Å². The topological polar surface area (TPSA) is 88.3 Å². The summed E-state index contributed by atoms with van der Waals surface area (Å²) in [5.41, 5.74) is 1.86. The van der Waals surface area contributed by atoms with Gasteiger partial charge < -0.3 is 15.0 Å². The predicted molar refractivity (Wildman–Crippen MR) is 102 cm³/mol. The molecule has 6 nitrogen and oxygen atoms in total. The number of esters is 1. The Morgan fingerprint density at radius 1 is 1.04 bits per heavy atom. The zero-order valence-corrected chi connectivity index (χ0v) is 14.9. The van der Waals surface area contributed by atoms with Gasteiger partial charge in [0.25, 0.3) is 5.91 Å². The van der Waals surface area contributed by atoms with E-state index in [0.717, 1.165) is 10.9 Å². The van der Waals surface area contributed by atoms with Crippen LogP contribution in [0.4, 0.5) is 0 Å². The summed E-state index contributed by atoms with van der Waals surface area (Å²) in [6.07, 6.45) is 0.711. The fourth-order valence-corrected chi connectivity index (χ4v) is 2.77. The number of rotatable bonds is 7. The first-order valence-electron chi connectivity index (χ1n) is 8.69. The standard InChI is InChI=1S/C21H20N2O4/c1-14(20(25)17-13-23-18-10-6-5-9-16(17)18)27-19(24)11-12-22-21(26)15-7-3-2-4-8-15/h2-10,13-14,23H,11-12H2,1H3,(H,22,26)/t14-/m0/s1. The maximum absolute atomic E-state index is 12.6. The maximum Gasteiger partial charge on any atom is 0.308 e. The maximum atomic E-state index is 12.6. The van der Waals surface area contributed by atoms with E-state index in [1.54, 1.807) is 37.4 Å². The molecule has 2 N–H and O–H groups in total. The summed E-state index contributed by atoms with van der Waals surface area (Å²) in [6, 6.07) is 16.2. The molecule has 0 unspecified atom stereocenters. The van der Waals surface area contributed by atoms with E-state index in [4.69, 9.17) is 4.74 Å². The van der Waals surface area contributed by atoms with Crippen molar-refractivity contribution < 1.29 is 19.1 Å². The van der Waals surface area contributed by atoms with Gasteiger partial charge in [0, 0.05) is 34.8 Å². The zero-order valence-electron chi connectivity index (χ0n) is 14.9. The highest BCUT2D eigenvalue weighted by Crippen LogP contribution is 2.20. The van der Waals surface area contributed by atoms with Crippen LogP contribution in [0.15, 0.2) is 60.8 Å². The van der Waals surface area contributed by atoms with Crippen LogP contribution in [0.1, 0.15) is 34.1 Å². The molecule has 2 aromatic carbocycles. The van der Waals surface area contributed by atoms with Gasteiger partial charge >= 0.3 is 5.97 Å². The molecule has 0 radical (unpaired) electrons. The van der Waals surface area contributed by atoms with Crippen LogP contribution < -0.4 is 5.32 Å². The smallest absolute Gasteiger partial charge is 0.308 e. The molecule has 138 valence electrons. The summed E-state index contributed by atoms with van der Waals surface area (Å²) in [6.45, 7) is 1.69. The molecule has 1 atom stereocenters. The first-order valence-corrected chi connectivity index (χ1v) is 8.69. The second-order valence-electron chi connectivity index (χ2n) is 6.12. The third-order valence-corrected chi connectivity index (χ3v) is 4.18. The Hall–Kier alpha value is -3.41. The number of aromatic amines is 1. The Kier molecular flexibility index (Phi) is 5.66. The quantitative estimate of drug-likeness (QED) is 0.498. The van der Waals surface area contributed by atoms with Crippen LogP contribution in [0.2, 0.25) is 0 Å². The average Bonchev–Trinajstić information content (AvgIpc) is 3.12. The minimum atomic E-state index is -0.901. The summed E-state index contributed by atoms with van der Waals surface area (Å²) < 4.78 is 5.22. The van der Waals surface area contributed by atoms with Gasteiger partial charge in [-0.3, -0.25) is 14.4 Å². The molecular formula is C21H20N2O4. The molecule has 3 rings (SSSR count). The zero-order chi connectivity index (χ0) is 19.2. The summed E-state index contributed by atoms with van der Waals surface area (Å²) in [7, 11) is 0. The van der Waals surface area contributed by atoms with Gasteiger partial charge in [-0.15, -0.1) is 0 Å². The average molecular weight is 364 g/mol. The number of carbonyl (C=O) groups excluding carboxylic acids is 3. The number of fused-ring (bicyclic) bond motifs is 1. The Labute approximate surface area is 156 Å². The van der Waals surface area contributed by atoms with Gasteiger partial charge in [-0.1, -0.05) is 36.4 Å². The van der Waals surface area contributed by atoms with Crippen LogP contribution >= 0.6 is 0 Å². The van der Waals surface area contributed by atoms with E-state index in [-0.39, 0.29) is 24.7 Å². The molecule has 1 heterocycles. The van der Waals surface area contributed by atoms with Crippen molar-refractivity contribution in [2.45, 2.75) is 19.4 Å². The van der Waals surface area contributed by atoms with Gasteiger partial charge in [0.05, 0.1) is 6.42 Å². The van der Waals surface area contributed by atoms with Gasteiger partial charge in [-0.2, -0.15) is 0 Å². The van der Waals surface area contributed by atoms with Crippen LogP contribution in [-0.4, -0.2) is 35.3 Å². The van der Waals surface area contributed by atoms with Crippen LogP contribution in [0.5, 0.6) is 0 Å². The van der Waals surface area contributed by atoms with Crippen LogP contribution in [0.25, 0.3) is 10.9 Å². The molecule has 0 saturated heterocycles. The number of Topliss-reactive ketones (excluding diaryl/α,β-unsaturated/α-hetero) is 1. The third kappa shape index (κ3) is 4.41. The van der Waals surface area contributed by atoms with E-state index >= 15 is 0 Å². The van der Waals surface area contributed by atoms with Crippen molar-refractivity contribution in [1.29, 1.82) is 0 Å². The number of hydrogen-bond acceptors (Lipinski definition) is 4. The molecule has 0 aliphatic rings. The van der Waals surface area contributed by atoms with Gasteiger partial charge in [-0.25, -0.2) is 0 Å². The summed E-state index contributed by atoms with van der Waals surface area (Å²) in [5, 5.41) is 3.45. The molecule has 1 amide bonds. The lowest BCUT2D eigenvalue weighted by atomic mass is 10.1. The van der Waals surface area contributed by atoms with Crippen LogP contribution in [0, 0.1) is 0 Å². The second-order valence-corrected chi connectivity index (χ2v) is 6.12. The number of ketones is 1. The van der Waals surface area contributed by atoms with Gasteiger partial charge in [0.2, 0.25) is 5.78 Å². The van der Waals surface area contributed by atoms with Gasteiger partial charge in [0.1, 0.15) is 0 Å². The van der Waals surface area contributed by atoms with Crippen molar-refractivity contribution in [2.24, 2.45) is 0 Å². The number of para-hydroxylation sites is 1. The lowest BCUT2D eigenvalue weighted by molar-refractivity contribution is -0.146. The fourth-order valence-electron chi connectivity index (χ4n) is 2.77. The van der Waals surface area contributed by atoms with Gasteiger partial charge in [-0.05, 0) is 25.1 Å². The largest absolute Gasteiger partial charge is 0.454 e. The number of ether oxygens (including phenoxy) is 1. The highest BCUT2D eigenvalue weighted by atomic mass is 16.5. The lowest BCUT2D eigenvalue weighted by Gasteiger charge is -2.12. The van der Waals surface area contributed by atoms with E-state index in [0.29, 0.717) is 11.1 Å². The Bertz CT molecular complexity index is 962. The number of benzene rings is 2. The summed E-state index contributed by atoms with van der Waals surface area (Å²) in [5.74, 6) is -1.07. The van der Waals surface area contributed by atoms with Crippen LogP contribution in [0.3, 0.4) is 0 Å². The Morgan fingerprint density at radius 3 is 2.52 bits per heavy atom. The minimum Gasteiger partial charge on any atom is -0.454 e. The van der Waals surface area contributed by atoms with Crippen molar-refractivity contribution in [3.8, 4) is 0 Å². The summed E-state index contributed by atoms with van der Waals surface area (Å²) >= 11 is 0. The normalized spacial score (nSPS) is 11.7. The van der Waals surface area contributed by atoms with E-state index in [1.807, 2.05) is 30.3 Å². The fraction of sp³-hybridized carbons (Fsp3) is 0.190. The number of carbonyl (C=O) groups is 3. The molecule has 0 aliphatic heterocycles. The van der Waals surface area contributed by atoms with Crippen LogP contribution in [-0.2, 0) is 9.53 Å². The monoisotopic (exact) mass is 364 g/mol. The highest BCUT2D eigenvalue weighted by molar-refractivity contribution is 6.10. The van der Waals surface area contributed by atoms with Crippen molar-refractivity contribution in [3.63, 3.8) is 0 Å². The third-order valence-electron chi connectivity index (χ3n) is 4.18. The van der Waals surface area contributed by atoms with Crippen molar-refractivity contribution in [3.05, 3.63) is 71.9 Å². The number of amides is 1. The molecule has 0 spiro atoms. The SMILES string of the molecule is C[C@H](OC(=O)CCNC(=O)c1ccccc1)C(=O)c1c[nH]c2ccccc12. The van der Waals surface area contributed by atoms with Gasteiger partial charge in [0.15, 0.2) is 6.10 Å². The van der Waals surface area contributed by atoms with E-state index < -0.39 is 12.1 Å². The molecule has 27 heavy (non-hydrogen) atoms. The number of H-pyrrole nitrogens is 1. The molecular weight excluding hydrogens is 344 g/mol. The van der Waals surface area contributed by atoms with E-state index in [9.17, 15) is 14.4 Å². The summed E-state index contributed by atoms with van der Waals surface area (Å²) in [4.78, 5) is 39.5. The van der Waals surface area contributed by atoms with Crippen molar-refractivity contribution in [2.75, 3.05) is 6.54 Å². The van der Waals surface area contributed by atoms with Crippen molar-refractivity contribution in [1.82, 2.24) is 10.3 Å². The molecule has 6 heteroatoms. The second kappa shape index (κ2) is 8.31. The van der Waals surface area contributed by atoms with E-state index in [1.165, 1.54) is 0 Å². The predicted octanol–water partition coefficient (Wildman–Crippen LogP) is 3.10. The number of nitrogens with one attached hydrogen (secondary N) is 2. The van der Waals surface area contributed by atoms with E-state index in [2.05, 4.69) is 10.3 Å². The first-order chi connectivity index (χ1) is 13.1. The molecule has 0 bridgehead atoms.